The van der Waals surface area contributed by atoms with Gasteiger partial charge < -0.3 is 31.1 Å². The van der Waals surface area contributed by atoms with Crippen LogP contribution in [0.4, 0.5) is 0 Å². The quantitative estimate of drug-likeness (QED) is 0.205. The minimum absolute atomic E-state index is 0.0734. The Balaban J connectivity index is 1.79. The van der Waals surface area contributed by atoms with Gasteiger partial charge in [-0.2, -0.15) is 0 Å². The van der Waals surface area contributed by atoms with E-state index in [2.05, 4.69) is 10.6 Å². The minimum Gasteiger partial charge on any atom is -0.497 e. The number of benzene rings is 2. The van der Waals surface area contributed by atoms with Crippen molar-refractivity contribution in [1.82, 2.24) is 15.5 Å². The van der Waals surface area contributed by atoms with Gasteiger partial charge in [0.05, 0.1) is 19.3 Å². The highest BCUT2D eigenvalue weighted by molar-refractivity contribution is 7.09. The molecule has 0 saturated carbocycles. The summed E-state index contributed by atoms with van der Waals surface area (Å²) in [6.45, 7) is 5.83. The molecule has 9 nitrogen and oxygen atoms in total. The van der Waals surface area contributed by atoms with Gasteiger partial charge in [0.2, 0.25) is 5.91 Å². The van der Waals surface area contributed by atoms with Crippen LogP contribution in [-0.2, 0) is 13.0 Å². The van der Waals surface area contributed by atoms with Crippen LogP contribution in [-0.4, -0.2) is 66.6 Å². The number of nitrogens with zero attached hydrogens (tertiary/aromatic N) is 1. The largest absolute Gasteiger partial charge is 0.497 e. The first-order valence-electron chi connectivity index (χ1n) is 13.8. The van der Waals surface area contributed by atoms with Crippen LogP contribution in [0.1, 0.15) is 68.2 Å². The molecular weight excluding hydrogens is 540 g/mol. The van der Waals surface area contributed by atoms with Crippen LogP contribution in [0.2, 0.25) is 0 Å². The van der Waals surface area contributed by atoms with Crippen LogP contribution >= 0.6 is 11.3 Å². The molecule has 0 aliphatic rings. The van der Waals surface area contributed by atoms with Gasteiger partial charge in [-0.1, -0.05) is 32.0 Å². The Labute approximate surface area is 245 Å². The average molecular weight is 581 g/mol. The van der Waals surface area contributed by atoms with Crippen molar-refractivity contribution in [3.05, 3.63) is 87.1 Å². The number of nitrogens with one attached hydrogen (secondary N) is 2. The lowest BCUT2D eigenvalue weighted by molar-refractivity contribution is 0.0755. The van der Waals surface area contributed by atoms with Crippen LogP contribution in [0, 0.1) is 0 Å². The minimum atomic E-state index is -0.920. The molecule has 1 aromatic heterocycles. The molecule has 0 aliphatic carbocycles. The number of hydrogen-bond acceptors (Lipinski definition) is 7. The lowest BCUT2D eigenvalue weighted by Gasteiger charge is -2.25. The molecule has 0 aliphatic heterocycles. The number of methoxy groups -OCH3 is 1. The van der Waals surface area contributed by atoms with E-state index in [9.17, 15) is 19.5 Å². The highest BCUT2D eigenvalue weighted by Gasteiger charge is 2.25. The number of primary amides is 1. The van der Waals surface area contributed by atoms with Gasteiger partial charge in [-0.15, -0.1) is 11.3 Å². The summed E-state index contributed by atoms with van der Waals surface area (Å²) in [5.74, 6) is -0.754. The zero-order valence-corrected chi connectivity index (χ0v) is 24.7. The zero-order valence-electron chi connectivity index (χ0n) is 23.9. The van der Waals surface area contributed by atoms with Gasteiger partial charge in [-0.05, 0) is 60.2 Å². The Morgan fingerprint density at radius 1 is 1.00 bits per heavy atom. The van der Waals surface area contributed by atoms with Gasteiger partial charge in [0.25, 0.3) is 11.8 Å². The SMILES string of the molecule is CCCN(CCC)C(=O)c1cc(C(N)=O)cc(C(=O)N[C@@H](Cc2cccs2)[C@H](O)CNCc2cccc(OC)c2)c1. The highest BCUT2D eigenvalue weighted by atomic mass is 32.1. The Kier molecular flexibility index (Phi) is 12.3. The molecule has 0 unspecified atom stereocenters. The van der Waals surface area contributed by atoms with Crippen molar-refractivity contribution in [2.24, 2.45) is 5.73 Å². The third kappa shape index (κ3) is 9.41. The third-order valence-corrected chi connectivity index (χ3v) is 7.50. The molecule has 3 rings (SSSR count). The molecule has 3 aromatic rings. The van der Waals surface area contributed by atoms with Gasteiger partial charge in [0, 0.05) is 54.2 Å². The van der Waals surface area contributed by atoms with Crippen molar-refractivity contribution >= 4 is 29.1 Å². The van der Waals surface area contributed by atoms with Gasteiger partial charge in [0.15, 0.2) is 0 Å². The van der Waals surface area contributed by atoms with E-state index in [-0.39, 0.29) is 29.1 Å². The fourth-order valence-corrected chi connectivity index (χ4v) is 5.30. The molecule has 0 spiro atoms. The van der Waals surface area contributed by atoms with Crippen LogP contribution in [0.5, 0.6) is 5.75 Å². The van der Waals surface area contributed by atoms with Crippen molar-refractivity contribution in [3.8, 4) is 5.75 Å². The molecule has 0 saturated heterocycles. The number of amides is 3. The molecule has 2 atom stereocenters. The molecule has 1 heterocycles. The summed E-state index contributed by atoms with van der Waals surface area (Å²) in [5, 5.41) is 19.2. The zero-order chi connectivity index (χ0) is 29.8. The van der Waals surface area contributed by atoms with E-state index in [1.54, 1.807) is 12.0 Å². The van der Waals surface area contributed by atoms with E-state index >= 15 is 0 Å². The first kappa shape index (κ1) is 31.8. The van der Waals surface area contributed by atoms with E-state index in [1.807, 2.05) is 55.6 Å². The molecule has 220 valence electrons. The van der Waals surface area contributed by atoms with Crippen LogP contribution in [0.15, 0.2) is 60.0 Å². The van der Waals surface area contributed by atoms with Gasteiger partial charge in [0.1, 0.15) is 5.75 Å². The maximum Gasteiger partial charge on any atom is 0.253 e. The summed E-state index contributed by atoms with van der Waals surface area (Å²) >= 11 is 1.53. The van der Waals surface area contributed by atoms with Crippen molar-refractivity contribution in [2.45, 2.75) is 51.8 Å². The van der Waals surface area contributed by atoms with Gasteiger partial charge >= 0.3 is 0 Å². The van der Waals surface area contributed by atoms with E-state index in [0.29, 0.717) is 26.1 Å². The fourth-order valence-electron chi connectivity index (χ4n) is 4.53. The molecule has 2 aromatic carbocycles. The number of rotatable bonds is 16. The number of aliphatic hydroxyl groups is 1. The maximum absolute atomic E-state index is 13.5. The molecule has 5 N–H and O–H groups in total. The third-order valence-electron chi connectivity index (χ3n) is 6.60. The Morgan fingerprint density at radius 2 is 1.71 bits per heavy atom. The average Bonchev–Trinajstić information content (AvgIpc) is 3.49. The number of hydrogen-bond donors (Lipinski definition) is 4. The second-order valence-electron chi connectivity index (χ2n) is 9.87. The van der Waals surface area contributed by atoms with E-state index in [1.165, 1.54) is 29.5 Å². The molecule has 3 amide bonds. The summed E-state index contributed by atoms with van der Waals surface area (Å²) in [5.41, 5.74) is 6.98. The van der Waals surface area contributed by atoms with Gasteiger partial charge in [-0.3, -0.25) is 14.4 Å². The normalized spacial score (nSPS) is 12.4. The number of carbonyl (C=O) groups is 3. The first-order chi connectivity index (χ1) is 19.7. The van der Waals surface area contributed by atoms with Crippen LogP contribution in [0.3, 0.4) is 0 Å². The fraction of sp³-hybridized carbons (Fsp3) is 0.387. The number of ether oxygens (including phenoxy) is 1. The van der Waals surface area contributed by atoms with Crippen molar-refractivity contribution < 1.29 is 24.2 Å². The van der Waals surface area contributed by atoms with Crippen LogP contribution < -0.4 is 21.1 Å². The van der Waals surface area contributed by atoms with Crippen molar-refractivity contribution in [3.63, 3.8) is 0 Å². The molecule has 0 bridgehead atoms. The lowest BCUT2D eigenvalue weighted by Crippen LogP contribution is -2.48. The number of thiophene rings is 1. The smallest absolute Gasteiger partial charge is 0.253 e. The summed E-state index contributed by atoms with van der Waals surface area (Å²) in [7, 11) is 1.61. The Hall–Kier alpha value is -3.73. The predicted octanol–water partition coefficient (Wildman–Crippen LogP) is 3.61. The van der Waals surface area contributed by atoms with Crippen LogP contribution in [0.25, 0.3) is 0 Å². The van der Waals surface area contributed by atoms with E-state index in [4.69, 9.17) is 10.5 Å². The molecular formula is C31H40N4O5S. The highest BCUT2D eigenvalue weighted by Crippen LogP contribution is 2.17. The second kappa shape index (κ2) is 15.9. The first-order valence-corrected chi connectivity index (χ1v) is 14.7. The number of nitrogens with two attached hydrogens (primary N) is 1. The Bertz CT molecular complexity index is 1290. The predicted molar refractivity (Wildman–Crippen MR) is 161 cm³/mol. The second-order valence-corrected chi connectivity index (χ2v) is 10.9. The maximum atomic E-state index is 13.5. The summed E-state index contributed by atoms with van der Waals surface area (Å²) < 4.78 is 5.27. The molecule has 0 fully saturated rings. The number of aliphatic hydroxyl groups excluding tert-OH is 1. The topological polar surface area (TPSA) is 134 Å². The van der Waals surface area contributed by atoms with Gasteiger partial charge in [-0.25, -0.2) is 0 Å². The standard InChI is InChI=1S/C31H40N4O5S/c1-4-11-35(12-5-2)31(39)24-16-22(29(32)37)15-23(17-24)30(38)34-27(18-26-10-7-13-41-26)28(36)20-33-19-21-8-6-9-25(14-21)40-3/h6-10,13-17,27-28,33,36H,4-5,11-12,18-20H2,1-3H3,(H2,32,37)(H,34,38)/t27-,28+/m0/s1. The van der Waals surface area contributed by atoms with E-state index in [0.717, 1.165) is 29.0 Å². The van der Waals surface area contributed by atoms with Crippen molar-refractivity contribution in [2.75, 3.05) is 26.7 Å². The lowest BCUT2D eigenvalue weighted by atomic mass is 10.0. The molecule has 0 radical (unpaired) electrons. The summed E-state index contributed by atoms with van der Waals surface area (Å²) in [6, 6.07) is 15.2. The molecule has 41 heavy (non-hydrogen) atoms. The Morgan fingerprint density at radius 3 is 2.34 bits per heavy atom. The van der Waals surface area contributed by atoms with E-state index < -0.39 is 24.0 Å². The molecule has 10 heteroatoms. The number of carbonyl (C=O) groups excluding carboxylic acids is 3. The summed E-state index contributed by atoms with van der Waals surface area (Å²) in [6.07, 6.45) is 1.05. The monoisotopic (exact) mass is 580 g/mol. The summed E-state index contributed by atoms with van der Waals surface area (Å²) in [4.78, 5) is 41.6. The van der Waals surface area contributed by atoms with Crippen molar-refractivity contribution in [1.29, 1.82) is 0 Å².